The fraction of sp³-hybridized carbons (Fsp3) is 0.105. The van der Waals surface area contributed by atoms with E-state index in [2.05, 4.69) is 15.9 Å². The van der Waals surface area contributed by atoms with E-state index in [1.54, 1.807) is 12.1 Å². The summed E-state index contributed by atoms with van der Waals surface area (Å²) in [5.41, 5.74) is 2.12. The summed E-state index contributed by atoms with van der Waals surface area (Å²) in [5, 5.41) is 11.9. The number of methoxy groups -OCH3 is 1. The van der Waals surface area contributed by atoms with E-state index in [0.29, 0.717) is 12.0 Å². The molecular weight excluding hydrogens is 356 g/mol. The minimum atomic E-state index is -0.369. The first-order valence-electron chi connectivity index (χ1n) is 7.16. The zero-order valence-electron chi connectivity index (χ0n) is 12.5. The highest BCUT2D eigenvalue weighted by Crippen LogP contribution is 2.29. The summed E-state index contributed by atoms with van der Waals surface area (Å²) < 4.78 is 5.85. The molecule has 23 heavy (non-hydrogen) atoms. The number of ether oxygens (including phenoxy) is 1. The number of benzene rings is 3. The smallest absolute Gasteiger partial charge is 0.338 e. The number of fused-ring (bicyclic) bond motifs is 1. The van der Waals surface area contributed by atoms with E-state index in [1.165, 1.54) is 7.11 Å². The fourth-order valence-electron chi connectivity index (χ4n) is 2.71. The van der Waals surface area contributed by atoms with Crippen molar-refractivity contribution in [3.8, 4) is 5.75 Å². The molecule has 0 saturated carbocycles. The Morgan fingerprint density at radius 2 is 1.87 bits per heavy atom. The Bertz CT molecular complexity index is 887. The molecule has 3 rings (SSSR count). The van der Waals surface area contributed by atoms with Crippen LogP contribution in [-0.2, 0) is 11.2 Å². The number of carbonyl (C=O) groups is 1. The lowest BCUT2D eigenvalue weighted by molar-refractivity contribution is 0.0602. The Morgan fingerprint density at radius 1 is 1.09 bits per heavy atom. The number of esters is 1. The van der Waals surface area contributed by atoms with Crippen LogP contribution in [0.2, 0.25) is 0 Å². The summed E-state index contributed by atoms with van der Waals surface area (Å²) in [7, 11) is 1.38. The molecule has 0 atom stereocenters. The maximum absolute atomic E-state index is 12.3. The second-order valence-corrected chi connectivity index (χ2v) is 6.18. The van der Waals surface area contributed by atoms with Gasteiger partial charge in [-0.25, -0.2) is 4.79 Å². The van der Waals surface area contributed by atoms with Crippen molar-refractivity contribution in [2.75, 3.05) is 7.11 Å². The van der Waals surface area contributed by atoms with E-state index in [9.17, 15) is 9.90 Å². The van der Waals surface area contributed by atoms with Gasteiger partial charge in [0.15, 0.2) is 0 Å². The topological polar surface area (TPSA) is 46.5 Å². The molecule has 0 unspecified atom stereocenters. The Balaban J connectivity index is 2.17. The summed E-state index contributed by atoms with van der Waals surface area (Å²) in [4.78, 5) is 12.3. The molecule has 0 fully saturated rings. The van der Waals surface area contributed by atoms with Crippen molar-refractivity contribution in [1.82, 2.24) is 0 Å². The third kappa shape index (κ3) is 3.08. The van der Waals surface area contributed by atoms with Crippen LogP contribution < -0.4 is 0 Å². The monoisotopic (exact) mass is 370 g/mol. The summed E-state index contributed by atoms with van der Waals surface area (Å²) >= 11 is 3.41. The number of phenols is 1. The molecule has 0 radical (unpaired) electrons. The van der Waals surface area contributed by atoms with E-state index in [1.807, 2.05) is 42.5 Å². The van der Waals surface area contributed by atoms with Crippen molar-refractivity contribution < 1.29 is 14.6 Å². The molecule has 0 heterocycles. The van der Waals surface area contributed by atoms with Crippen LogP contribution >= 0.6 is 15.9 Å². The highest BCUT2D eigenvalue weighted by atomic mass is 79.9. The predicted molar refractivity (Wildman–Crippen MR) is 93.9 cm³/mol. The first kappa shape index (κ1) is 15.6. The molecule has 4 heteroatoms. The molecular formula is C19H15BrO3. The van der Waals surface area contributed by atoms with Gasteiger partial charge in [0, 0.05) is 10.9 Å². The molecule has 0 aliphatic rings. The third-order valence-electron chi connectivity index (χ3n) is 3.83. The lowest BCUT2D eigenvalue weighted by Gasteiger charge is -2.12. The van der Waals surface area contributed by atoms with Gasteiger partial charge in [0.05, 0.1) is 12.7 Å². The van der Waals surface area contributed by atoms with Crippen LogP contribution in [0.15, 0.2) is 59.1 Å². The number of halogens is 1. The van der Waals surface area contributed by atoms with E-state index < -0.39 is 0 Å². The summed E-state index contributed by atoms with van der Waals surface area (Å²) in [6.07, 6.45) is 0.445. The Kier molecular flexibility index (Phi) is 4.35. The summed E-state index contributed by atoms with van der Waals surface area (Å²) in [6.45, 7) is 0. The van der Waals surface area contributed by atoms with Crippen molar-refractivity contribution >= 4 is 32.7 Å². The average molecular weight is 371 g/mol. The fourth-order valence-corrected chi connectivity index (χ4v) is 3.12. The first-order valence-corrected chi connectivity index (χ1v) is 7.96. The molecule has 0 aromatic heterocycles. The molecule has 0 spiro atoms. The molecule has 0 aliphatic carbocycles. The number of aromatic hydroxyl groups is 1. The van der Waals surface area contributed by atoms with E-state index >= 15 is 0 Å². The minimum Gasteiger partial charge on any atom is -0.508 e. The van der Waals surface area contributed by atoms with Crippen LogP contribution in [-0.4, -0.2) is 18.2 Å². The third-order valence-corrected chi connectivity index (χ3v) is 4.32. The molecule has 0 bridgehead atoms. The second-order valence-electron chi connectivity index (χ2n) is 5.26. The largest absolute Gasteiger partial charge is 0.508 e. The van der Waals surface area contributed by atoms with E-state index in [0.717, 1.165) is 26.4 Å². The van der Waals surface area contributed by atoms with Crippen molar-refractivity contribution in [3.63, 3.8) is 0 Å². The number of phenolic OH excluding ortho intramolecular Hbond substituents is 1. The van der Waals surface area contributed by atoms with Crippen LogP contribution in [0.3, 0.4) is 0 Å². The minimum absolute atomic E-state index is 0.206. The molecule has 3 aromatic rings. The second kappa shape index (κ2) is 6.42. The van der Waals surface area contributed by atoms with Gasteiger partial charge < -0.3 is 9.84 Å². The Morgan fingerprint density at radius 3 is 2.65 bits per heavy atom. The van der Waals surface area contributed by atoms with E-state index in [4.69, 9.17) is 4.74 Å². The number of hydrogen-bond donors (Lipinski definition) is 1. The molecule has 0 aliphatic heterocycles. The highest BCUT2D eigenvalue weighted by Gasteiger charge is 2.17. The van der Waals surface area contributed by atoms with Crippen molar-refractivity contribution in [1.29, 1.82) is 0 Å². The zero-order chi connectivity index (χ0) is 16.4. The van der Waals surface area contributed by atoms with Gasteiger partial charge in [-0.1, -0.05) is 52.3 Å². The predicted octanol–water partition coefficient (Wildman–Crippen LogP) is 4.69. The Labute approximate surface area is 142 Å². The van der Waals surface area contributed by atoms with Crippen LogP contribution in [0.4, 0.5) is 0 Å². The lowest BCUT2D eigenvalue weighted by atomic mass is 9.94. The van der Waals surface area contributed by atoms with Crippen molar-refractivity contribution in [2.45, 2.75) is 6.42 Å². The van der Waals surface area contributed by atoms with Crippen LogP contribution in [0.5, 0.6) is 5.75 Å². The van der Waals surface area contributed by atoms with Gasteiger partial charge in [-0.15, -0.1) is 0 Å². The van der Waals surface area contributed by atoms with Gasteiger partial charge in [0.1, 0.15) is 5.75 Å². The van der Waals surface area contributed by atoms with Gasteiger partial charge in [-0.05, 0) is 40.1 Å². The van der Waals surface area contributed by atoms with Crippen molar-refractivity contribution in [2.24, 2.45) is 0 Å². The van der Waals surface area contributed by atoms with Crippen LogP contribution in [0.1, 0.15) is 21.5 Å². The maximum atomic E-state index is 12.3. The van der Waals surface area contributed by atoms with Crippen LogP contribution in [0.25, 0.3) is 10.8 Å². The van der Waals surface area contributed by atoms with Crippen LogP contribution in [0, 0.1) is 0 Å². The Hall–Kier alpha value is -2.33. The van der Waals surface area contributed by atoms with Crippen molar-refractivity contribution in [3.05, 3.63) is 75.8 Å². The molecule has 3 nitrogen and oxygen atoms in total. The molecule has 116 valence electrons. The van der Waals surface area contributed by atoms with Gasteiger partial charge in [-0.2, -0.15) is 0 Å². The summed E-state index contributed by atoms with van der Waals surface area (Å²) in [6, 6.07) is 16.9. The molecule has 0 saturated heterocycles. The average Bonchev–Trinajstić information content (AvgIpc) is 2.57. The van der Waals surface area contributed by atoms with Gasteiger partial charge >= 0.3 is 5.97 Å². The lowest BCUT2D eigenvalue weighted by Crippen LogP contribution is -2.07. The normalized spacial score (nSPS) is 10.7. The van der Waals surface area contributed by atoms with Gasteiger partial charge in [0.25, 0.3) is 0 Å². The van der Waals surface area contributed by atoms with Gasteiger partial charge in [-0.3, -0.25) is 0 Å². The number of carbonyl (C=O) groups excluding carboxylic acids is 1. The first-order chi connectivity index (χ1) is 11.1. The maximum Gasteiger partial charge on any atom is 0.338 e. The highest BCUT2D eigenvalue weighted by molar-refractivity contribution is 9.10. The summed E-state index contributed by atoms with van der Waals surface area (Å²) in [5.74, 6) is -0.163. The standard InChI is InChI=1S/C19H15BrO3/c1-23-19(22)18-13(7-6-12-4-2-3-5-16(12)18)10-14-11-15(20)8-9-17(14)21/h2-9,11,21H,10H2,1H3. The van der Waals surface area contributed by atoms with Gasteiger partial charge in [0.2, 0.25) is 0 Å². The molecule has 3 aromatic carbocycles. The number of hydrogen-bond acceptors (Lipinski definition) is 3. The quantitative estimate of drug-likeness (QED) is 0.680. The SMILES string of the molecule is COC(=O)c1c(Cc2cc(Br)ccc2O)ccc2ccccc12. The van der Waals surface area contributed by atoms with E-state index in [-0.39, 0.29) is 11.7 Å². The molecule has 0 amide bonds. The number of rotatable bonds is 3. The molecule has 1 N–H and O–H groups in total. The zero-order valence-corrected chi connectivity index (χ0v) is 14.1.